The van der Waals surface area contributed by atoms with Gasteiger partial charge in [0.15, 0.2) is 0 Å². The van der Waals surface area contributed by atoms with Crippen molar-refractivity contribution in [1.29, 1.82) is 0 Å². The normalized spacial score (nSPS) is 32.8. The van der Waals surface area contributed by atoms with E-state index in [2.05, 4.69) is 49.1 Å². The van der Waals surface area contributed by atoms with Crippen molar-refractivity contribution in [1.82, 2.24) is 4.90 Å². The summed E-state index contributed by atoms with van der Waals surface area (Å²) in [7, 11) is 0. The monoisotopic (exact) mass is 287 g/mol. The molecular formula is C19H29NO. The van der Waals surface area contributed by atoms with E-state index in [1.165, 1.54) is 18.4 Å². The van der Waals surface area contributed by atoms with Gasteiger partial charge in [-0.2, -0.15) is 0 Å². The molecule has 2 heteroatoms. The molecule has 2 aliphatic heterocycles. The van der Waals surface area contributed by atoms with Gasteiger partial charge < -0.3 is 5.11 Å². The maximum absolute atomic E-state index is 11.2. The molecule has 2 fully saturated rings. The second-order valence-corrected chi connectivity index (χ2v) is 7.07. The fourth-order valence-electron chi connectivity index (χ4n) is 4.79. The lowest BCUT2D eigenvalue weighted by atomic mass is 9.74. The van der Waals surface area contributed by atoms with Gasteiger partial charge in [-0.1, -0.05) is 57.0 Å². The predicted molar refractivity (Wildman–Crippen MR) is 87.1 cm³/mol. The number of hydrogen-bond acceptors (Lipinski definition) is 2. The summed E-state index contributed by atoms with van der Waals surface area (Å²) in [5.74, 6) is 0.472. The van der Waals surface area contributed by atoms with Gasteiger partial charge in [-0.25, -0.2) is 0 Å². The first-order valence-corrected chi connectivity index (χ1v) is 8.68. The van der Waals surface area contributed by atoms with Gasteiger partial charge in [0, 0.05) is 18.6 Å². The van der Waals surface area contributed by atoms with Gasteiger partial charge in [0.05, 0.1) is 5.60 Å². The zero-order chi connectivity index (χ0) is 14.9. The zero-order valence-electron chi connectivity index (χ0n) is 13.5. The van der Waals surface area contributed by atoms with Crippen LogP contribution in [-0.4, -0.2) is 27.7 Å². The molecule has 0 saturated carbocycles. The van der Waals surface area contributed by atoms with Crippen molar-refractivity contribution in [2.45, 2.75) is 76.6 Å². The van der Waals surface area contributed by atoms with E-state index in [-0.39, 0.29) is 0 Å². The highest BCUT2D eigenvalue weighted by Gasteiger charge is 2.49. The molecular weight excluding hydrogens is 258 g/mol. The van der Waals surface area contributed by atoms with Crippen molar-refractivity contribution in [3.8, 4) is 0 Å². The number of aliphatic hydroxyl groups is 1. The minimum Gasteiger partial charge on any atom is -0.389 e. The average molecular weight is 287 g/mol. The average Bonchev–Trinajstić information content (AvgIpc) is 2.73. The molecule has 0 aromatic heterocycles. The first kappa shape index (κ1) is 15.1. The molecule has 2 heterocycles. The Balaban J connectivity index is 1.72. The summed E-state index contributed by atoms with van der Waals surface area (Å²) in [5, 5.41) is 11.2. The number of fused-ring (bicyclic) bond motifs is 2. The highest BCUT2D eigenvalue weighted by atomic mass is 16.3. The fraction of sp³-hybridized carbons (Fsp3) is 0.684. The van der Waals surface area contributed by atoms with Crippen molar-refractivity contribution >= 4 is 0 Å². The molecule has 1 aromatic carbocycles. The van der Waals surface area contributed by atoms with Gasteiger partial charge >= 0.3 is 0 Å². The molecule has 2 saturated heterocycles. The van der Waals surface area contributed by atoms with Gasteiger partial charge in [-0.05, 0) is 37.2 Å². The van der Waals surface area contributed by atoms with Crippen LogP contribution in [-0.2, 0) is 6.54 Å². The largest absolute Gasteiger partial charge is 0.389 e. The third-order valence-corrected chi connectivity index (χ3v) is 5.90. The van der Waals surface area contributed by atoms with Crippen molar-refractivity contribution in [3.05, 3.63) is 35.9 Å². The van der Waals surface area contributed by atoms with Crippen molar-refractivity contribution in [2.75, 3.05) is 0 Å². The summed E-state index contributed by atoms with van der Waals surface area (Å²) in [5.41, 5.74) is 0.991. The summed E-state index contributed by atoms with van der Waals surface area (Å²) in [6.07, 6.45) is 6.68. The molecule has 3 rings (SSSR count). The molecule has 2 aliphatic rings. The third-order valence-electron chi connectivity index (χ3n) is 5.90. The van der Waals surface area contributed by atoms with E-state index in [4.69, 9.17) is 0 Å². The van der Waals surface area contributed by atoms with E-state index < -0.39 is 5.60 Å². The van der Waals surface area contributed by atoms with E-state index >= 15 is 0 Å². The molecule has 2 unspecified atom stereocenters. The minimum atomic E-state index is -0.414. The van der Waals surface area contributed by atoms with Crippen molar-refractivity contribution < 1.29 is 5.11 Å². The van der Waals surface area contributed by atoms with Crippen LogP contribution in [0.5, 0.6) is 0 Å². The van der Waals surface area contributed by atoms with Crippen LogP contribution >= 0.6 is 0 Å². The van der Waals surface area contributed by atoms with Crippen LogP contribution < -0.4 is 0 Å². The van der Waals surface area contributed by atoms with Gasteiger partial charge in [0.2, 0.25) is 0 Å². The Hall–Kier alpha value is -0.860. The van der Waals surface area contributed by atoms with E-state index in [0.717, 1.165) is 32.2 Å². The fourth-order valence-corrected chi connectivity index (χ4v) is 4.79. The van der Waals surface area contributed by atoms with Gasteiger partial charge in [0.25, 0.3) is 0 Å². The molecule has 0 aliphatic carbocycles. The first-order chi connectivity index (χ1) is 10.2. The van der Waals surface area contributed by atoms with Crippen LogP contribution in [0.4, 0.5) is 0 Å². The summed E-state index contributed by atoms with van der Waals surface area (Å²) in [6, 6.07) is 11.9. The van der Waals surface area contributed by atoms with Crippen LogP contribution in [0.1, 0.15) is 57.9 Å². The van der Waals surface area contributed by atoms with E-state index in [1.807, 2.05) is 0 Å². The van der Waals surface area contributed by atoms with Crippen LogP contribution in [0.15, 0.2) is 30.3 Å². The maximum Gasteiger partial charge on any atom is 0.0705 e. The summed E-state index contributed by atoms with van der Waals surface area (Å²) >= 11 is 0. The number of nitrogens with zero attached hydrogens (tertiary/aromatic N) is 1. The molecule has 2 atom stereocenters. The summed E-state index contributed by atoms with van der Waals surface area (Å²) < 4.78 is 0. The van der Waals surface area contributed by atoms with Crippen LogP contribution in [0.3, 0.4) is 0 Å². The molecule has 116 valence electrons. The zero-order valence-corrected chi connectivity index (χ0v) is 13.5. The van der Waals surface area contributed by atoms with Gasteiger partial charge in [0.1, 0.15) is 0 Å². The highest BCUT2D eigenvalue weighted by Crippen LogP contribution is 2.46. The molecule has 0 spiro atoms. The first-order valence-electron chi connectivity index (χ1n) is 8.68. The second kappa shape index (κ2) is 6.10. The smallest absolute Gasteiger partial charge is 0.0705 e. The van der Waals surface area contributed by atoms with E-state index in [1.54, 1.807) is 0 Å². The van der Waals surface area contributed by atoms with E-state index in [9.17, 15) is 5.11 Å². The molecule has 0 radical (unpaired) electrons. The van der Waals surface area contributed by atoms with Crippen LogP contribution in [0.25, 0.3) is 0 Å². The Morgan fingerprint density at radius 3 is 2.19 bits per heavy atom. The molecule has 1 N–H and O–H groups in total. The molecule has 1 aromatic rings. The van der Waals surface area contributed by atoms with Crippen molar-refractivity contribution in [3.63, 3.8) is 0 Å². The lowest BCUT2D eigenvalue weighted by Crippen LogP contribution is -2.53. The molecule has 21 heavy (non-hydrogen) atoms. The quantitative estimate of drug-likeness (QED) is 0.885. The topological polar surface area (TPSA) is 23.5 Å². The van der Waals surface area contributed by atoms with Crippen LogP contribution in [0, 0.1) is 5.92 Å². The maximum atomic E-state index is 11.2. The number of rotatable bonds is 5. The van der Waals surface area contributed by atoms with Crippen molar-refractivity contribution in [2.24, 2.45) is 5.92 Å². The Kier molecular flexibility index (Phi) is 4.37. The van der Waals surface area contributed by atoms with Gasteiger partial charge in [-0.3, -0.25) is 4.90 Å². The molecule has 0 amide bonds. The lowest BCUT2D eigenvalue weighted by molar-refractivity contribution is -0.0952. The Morgan fingerprint density at radius 1 is 1.10 bits per heavy atom. The SMILES string of the molecule is CCC(CC)C1(O)CC2CCC(C1)N2Cc1ccccc1. The Morgan fingerprint density at radius 2 is 1.67 bits per heavy atom. The molecule has 2 nitrogen and oxygen atoms in total. The number of benzene rings is 1. The Bertz CT molecular complexity index is 440. The predicted octanol–water partition coefficient (Wildman–Crippen LogP) is 3.98. The highest BCUT2D eigenvalue weighted by molar-refractivity contribution is 5.16. The van der Waals surface area contributed by atoms with E-state index in [0.29, 0.717) is 18.0 Å². The molecule has 2 bridgehead atoms. The summed E-state index contributed by atoms with van der Waals surface area (Å²) in [6.45, 7) is 5.50. The van der Waals surface area contributed by atoms with Gasteiger partial charge in [-0.15, -0.1) is 0 Å². The van der Waals surface area contributed by atoms with Crippen LogP contribution in [0.2, 0.25) is 0 Å². The standard InChI is InChI=1S/C19H29NO/c1-3-16(4-2)19(21)12-17-10-11-18(13-19)20(17)14-15-8-6-5-7-9-15/h5-9,16-18,21H,3-4,10-14H2,1-2H3. The lowest BCUT2D eigenvalue weighted by Gasteiger charge is -2.47. The third kappa shape index (κ3) is 2.89. The minimum absolute atomic E-state index is 0.414. The Labute approximate surface area is 129 Å². The second-order valence-electron chi connectivity index (χ2n) is 7.07. The number of piperidine rings is 1. The number of hydrogen-bond donors (Lipinski definition) is 1. The summed E-state index contributed by atoms with van der Waals surface area (Å²) in [4.78, 5) is 2.66.